The highest BCUT2D eigenvalue weighted by Crippen LogP contribution is 2.37. The Bertz CT molecular complexity index is 291. The van der Waals surface area contributed by atoms with Gasteiger partial charge in [0.1, 0.15) is 5.78 Å². The number of Topliss-reactive ketones (excluding diaryl/α,β-unsaturated/α-hetero) is 1. The van der Waals surface area contributed by atoms with Crippen LogP contribution >= 0.6 is 0 Å². The summed E-state index contributed by atoms with van der Waals surface area (Å²) in [4.78, 5) is 14.7. The molecule has 2 rings (SSSR count). The maximum absolute atomic E-state index is 12.1. The number of rotatable bonds is 4. The van der Waals surface area contributed by atoms with Crippen LogP contribution in [0.5, 0.6) is 0 Å². The molecule has 1 unspecified atom stereocenters. The van der Waals surface area contributed by atoms with Gasteiger partial charge in [-0.2, -0.15) is 0 Å². The fraction of sp³-hybridized carbons (Fsp3) is 0.938. The molecule has 0 heterocycles. The second-order valence-corrected chi connectivity index (χ2v) is 7.06. The van der Waals surface area contributed by atoms with E-state index >= 15 is 0 Å². The van der Waals surface area contributed by atoms with Crippen molar-refractivity contribution in [2.45, 2.75) is 71.8 Å². The molecule has 104 valence electrons. The molecular formula is C16H29NO. The zero-order valence-electron chi connectivity index (χ0n) is 12.4. The quantitative estimate of drug-likeness (QED) is 0.760. The van der Waals surface area contributed by atoms with Crippen molar-refractivity contribution < 1.29 is 4.79 Å². The Morgan fingerprint density at radius 1 is 1.28 bits per heavy atom. The third kappa shape index (κ3) is 3.34. The minimum absolute atomic E-state index is 0.300. The van der Waals surface area contributed by atoms with E-state index in [1.165, 1.54) is 25.7 Å². The Morgan fingerprint density at radius 2 is 1.94 bits per heavy atom. The summed E-state index contributed by atoms with van der Waals surface area (Å²) in [5.41, 5.74) is 0.369. The Labute approximate surface area is 112 Å². The van der Waals surface area contributed by atoms with Gasteiger partial charge in [-0.15, -0.1) is 0 Å². The van der Waals surface area contributed by atoms with Crippen LogP contribution in [0.1, 0.15) is 65.7 Å². The van der Waals surface area contributed by atoms with E-state index in [1.807, 2.05) is 0 Å². The van der Waals surface area contributed by atoms with E-state index in [9.17, 15) is 4.79 Å². The molecule has 0 bridgehead atoms. The summed E-state index contributed by atoms with van der Waals surface area (Å²) in [7, 11) is 0. The van der Waals surface area contributed by atoms with Crippen molar-refractivity contribution in [2.75, 3.05) is 13.1 Å². The van der Waals surface area contributed by atoms with Crippen molar-refractivity contribution in [1.29, 1.82) is 0 Å². The molecule has 2 nitrogen and oxygen atoms in total. The van der Waals surface area contributed by atoms with Crippen molar-refractivity contribution >= 4 is 5.78 Å². The third-order valence-electron chi connectivity index (χ3n) is 5.00. The number of hydrogen-bond acceptors (Lipinski definition) is 2. The molecule has 18 heavy (non-hydrogen) atoms. The molecule has 0 N–H and O–H groups in total. The lowest BCUT2D eigenvalue weighted by Crippen LogP contribution is -2.42. The molecule has 0 radical (unpaired) electrons. The van der Waals surface area contributed by atoms with E-state index < -0.39 is 0 Å². The van der Waals surface area contributed by atoms with Crippen LogP contribution < -0.4 is 0 Å². The SMILES string of the molecule is CCN(CC1CC(C)(C)CCC1=O)C1CCCC1. The van der Waals surface area contributed by atoms with Crippen LogP contribution in [0.3, 0.4) is 0 Å². The van der Waals surface area contributed by atoms with E-state index in [4.69, 9.17) is 0 Å². The zero-order valence-corrected chi connectivity index (χ0v) is 12.4. The topological polar surface area (TPSA) is 20.3 Å². The van der Waals surface area contributed by atoms with E-state index in [1.54, 1.807) is 0 Å². The van der Waals surface area contributed by atoms with Gasteiger partial charge in [0.2, 0.25) is 0 Å². The Balaban J connectivity index is 1.94. The second-order valence-electron chi connectivity index (χ2n) is 7.06. The van der Waals surface area contributed by atoms with E-state index in [2.05, 4.69) is 25.7 Å². The van der Waals surface area contributed by atoms with Crippen LogP contribution in [0.2, 0.25) is 0 Å². The summed E-state index contributed by atoms with van der Waals surface area (Å²) < 4.78 is 0. The van der Waals surface area contributed by atoms with Gasteiger partial charge in [0.05, 0.1) is 0 Å². The minimum atomic E-state index is 0.300. The molecule has 2 heteroatoms. The van der Waals surface area contributed by atoms with Gasteiger partial charge in [-0.05, 0) is 37.6 Å². The molecule has 0 aliphatic heterocycles. The van der Waals surface area contributed by atoms with Crippen LogP contribution in [0.15, 0.2) is 0 Å². The predicted octanol–water partition coefficient (Wildman–Crippen LogP) is 3.65. The first-order chi connectivity index (χ1) is 8.52. The average molecular weight is 251 g/mol. The lowest BCUT2D eigenvalue weighted by Gasteiger charge is -2.38. The van der Waals surface area contributed by atoms with E-state index in [0.717, 1.165) is 38.4 Å². The second kappa shape index (κ2) is 5.73. The van der Waals surface area contributed by atoms with E-state index in [-0.39, 0.29) is 0 Å². The highest BCUT2D eigenvalue weighted by molar-refractivity contribution is 5.82. The highest BCUT2D eigenvalue weighted by atomic mass is 16.1. The summed E-state index contributed by atoms with van der Waals surface area (Å²) in [6, 6.07) is 0.757. The van der Waals surface area contributed by atoms with Crippen molar-refractivity contribution in [2.24, 2.45) is 11.3 Å². The molecule has 2 fully saturated rings. The summed E-state index contributed by atoms with van der Waals surface area (Å²) in [5, 5.41) is 0. The molecular weight excluding hydrogens is 222 g/mol. The molecule has 0 aromatic heterocycles. The normalized spacial score (nSPS) is 29.1. The number of nitrogens with zero attached hydrogens (tertiary/aromatic N) is 1. The Kier molecular flexibility index (Phi) is 4.47. The summed E-state index contributed by atoms with van der Waals surface area (Å²) in [6.45, 7) is 9.01. The van der Waals surface area contributed by atoms with Crippen molar-refractivity contribution in [3.8, 4) is 0 Å². The standard InChI is InChI=1S/C16H29NO/c1-4-17(14-7-5-6-8-14)12-13-11-16(2,3)10-9-15(13)18/h13-14H,4-12H2,1-3H3. The lowest BCUT2D eigenvalue weighted by atomic mass is 9.71. The molecule has 0 aromatic carbocycles. The molecule has 0 aromatic rings. The van der Waals surface area contributed by atoms with Crippen LogP contribution in [0, 0.1) is 11.3 Å². The van der Waals surface area contributed by atoms with Crippen molar-refractivity contribution in [3.63, 3.8) is 0 Å². The summed E-state index contributed by atoms with van der Waals surface area (Å²) in [6.07, 6.45) is 8.43. The smallest absolute Gasteiger partial charge is 0.137 e. The van der Waals surface area contributed by atoms with Crippen LogP contribution in [-0.2, 0) is 4.79 Å². The van der Waals surface area contributed by atoms with Gasteiger partial charge in [0.25, 0.3) is 0 Å². The van der Waals surface area contributed by atoms with Crippen LogP contribution in [0.25, 0.3) is 0 Å². The summed E-state index contributed by atoms with van der Waals surface area (Å²) in [5.74, 6) is 0.820. The van der Waals surface area contributed by atoms with Crippen molar-refractivity contribution in [3.05, 3.63) is 0 Å². The summed E-state index contributed by atoms with van der Waals surface area (Å²) >= 11 is 0. The Morgan fingerprint density at radius 3 is 2.56 bits per heavy atom. The number of ketones is 1. The Hall–Kier alpha value is -0.370. The first-order valence-corrected chi connectivity index (χ1v) is 7.78. The van der Waals surface area contributed by atoms with Gasteiger partial charge in [-0.25, -0.2) is 0 Å². The number of carbonyl (C=O) groups is 1. The minimum Gasteiger partial charge on any atom is -0.300 e. The average Bonchev–Trinajstić information content (AvgIpc) is 2.83. The van der Waals surface area contributed by atoms with Gasteiger partial charge in [0, 0.05) is 24.9 Å². The molecule has 2 saturated carbocycles. The first kappa shape index (κ1) is 14.0. The van der Waals surface area contributed by atoms with Crippen molar-refractivity contribution in [1.82, 2.24) is 4.90 Å². The molecule has 0 saturated heterocycles. The largest absolute Gasteiger partial charge is 0.300 e. The van der Waals surface area contributed by atoms with Gasteiger partial charge in [-0.3, -0.25) is 9.69 Å². The predicted molar refractivity (Wildman–Crippen MR) is 75.6 cm³/mol. The highest BCUT2D eigenvalue weighted by Gasteiger charge is 2.35. The van der Waals surface area contributed by atoms with Gasteiger partial charge >= 0.3 is 0 Å². The van der Waals surface area contributed by atoms with Gasteiger partial charge < -0.3 is 0 Å². The number of hydrogen-bond donors (Lipinski definition) is 0. The maximum atomic E-state index is 12.1. The van der Waals surface area contributed by atoms with E-state index in [0.29, 0.717) is 17.1 Å². The van der Waals surface area contributed by atoms with Crippen LogP contribution in [-0.4, -0.2) is 29.8 Å². The fourth-order valence-corrected chi connectivity index (χ4v) is 3.80. The van der Waals surface area contributed by atoms with Crippen LogP contribution in [0.4, 0.5) is 0 Å². The fourth-order valence-electron chi connectivity index (χ4n) is 3.80. The zero-order chi connectivity index (χ0) is 13.2. The van der Waals surface area contributed by atoms with Gasteiger partial charge in [0.15, 0.2) is 0 Å². The first-order valence-electron chi connectivity index (χ1n) is 7.78. The molecule has 0 amide bonds. The molecule has 0 spiro atoms. The molecule has 2 aliphatic carbocycles. The van der Waals surface area contributed by atoms with Gasteiger partial charge in [-0.1, -0.05) is 33.6 Å². The number of carbonyl (C=O) groups excluding carboxylic acids is 1. The molecule has 2 aliphatic rings. The third-order valence-corrected chi connectivity index (χ3v) is 5.00. The molecule has 1 atom stereocenters. The lowest BCUT2D eigenvalue weighted by molar-refractivity contribution is -0.128. The maximum Gasteiger partial charge on any atom is 0.137 e. The monoisotopic (exact) mass is 251 g/mol.